The number of aryl methyl sites for hydroxylation is 2. The number of benzene rings is 1. The molecule has 0 fully saturated rings. The van der Waals surface area contributed by atoms with Crippen molar-refractivity contribution in [2.75, 3.05) is 13.3 Å². The lowest BCUT2D eigenvalue weighted by Gasteiger charge is -2.04. The van der Waals surface area contributed by atoms with Gasteiger partial charge in [0.05, 0.1) is 0 Å². The van der Waals surface area contributed by atoms with Crippen molar-refractivity contribution in [3.8, 4) is 5.75 Å². The zero-order valence-electron chi connectivity index (χ0n) is 21.4. The lowest BCUT2D eigenvalue weighted by molar-refractivity contribution is 0.432. The highest BCUT2D eigenvalue weighted by atomic mass is 32.1. The van der Waals surface area contributed by atoms with Gasteiger partial charge in [-0.15, -0.1) is 0 Å². The molecule has 0 saturated carbocycles. The molecule has 0 radical (unpaired) electrons. The van der Waals surface area contributed by atoms with Gasteiger partial charge in [0.2, 0.25) is 0 Å². The van der Waals surface area contributed by atoms with E-state index in [-0.39, 0.29) is 11.8 Å². The lowest BCUT2D eigenvalue weighted by Crippen LogP contribution is -2.20. The van der Waals surface area contributed by atoms with Gasteiger partial charge in [0.25, 0.3) is 0 Å². The first-order valence-electron chi connectivity index (χ1n) is 11.6. The Hall–Kier alpha value is -3.39. The first kappa shape index (κ1) is 32.6. The van der Waals surface area contributed by atoms with Crippen LogP contribution in [0.5, 0.6) is 5.75 Å². The minimum Gasteiger partial charge on any atom is -0.508 e. The quantitative estimate of drug-likeness (QED) is 0.162. The summed E-state index contributed by atoms with van der Waals surface area (Å²) >= 11 is 3.53. The van der Waals surface area contributed by atoms with Crippen molar-refractivity contribution < 1.29 is 10.2 Å². The van der Waals surface area contributed by atoms with Crippen molar-refractivity contribution >= 4 is 12.6 Å². The molecule has 0 bridgehead atoms. The summed E-state index contributed by atoms with van der Waals surface area (Å²) in [7, 11) is 1.50. The number of thiol groups is 1. The first-order valence-corrected chi connectivity index (χ1v) is 12.5. The molecule has 1 unspecified atom stereocenters. The Kier molecular flexibility index (Phi) is 20.0. The normalized spacial score (nSPS) is 11.4. The largest absolute Gasteiger partial charge is 0.508 e. The molecule has 0 saturated heterocycles. The van der Waals surface area contributed by atoms with E-state index in [2.05, 4.69) is 28.3 Å². The standard InChI is InChI=1S/C14H18N2O.C13H13NO.CH5N.CH4S/c1-2-6-14(17)9-5-7-12(15)11-13-8-3-4-10-16-13;15-13-8-5-11(6-9-13)4-7-12-3-1-2-10-14-12;2*1-2/h2-10,12,17H,11,15H2,1H3;1-3,5-6,8-10,15H,4,7H2;2H2,1H3;2H,1H3/b6-2-,7-5+,14-9+;;;. The van der Waals surface area contributed by atoms with E-state index in [4.69, 9.17) is 10.8 Å². The first-order chi connectivity index (χ1) is 17.6. The molecule has 1 atom stereocenters. The van der Waals surface area contributed by atoms with Crippen LogP contribution >= 0.6 is 12.6 Å². The molecule has 6 nitrogen and oxygen atoms in total. The molecule has 36 heavy (non-hydrogen) atoms. The third-order valence-electron chi connectivity index (χ3n) is 4.47. The zero-order valence-corrected chi connectivity index (χ0v) is 22.3. The van der Waals surface area contributed by atoms with Crippen LogP contribution in [0.3, 0.4) is 0 Å². The molecular weight excluding hydrogens is 468 g/mol. The number of aliphatic hydroxyl groups excluding tert-OH is 1. The maximum atomic E-state index is 9.32. The van der Waals surface area contributed by atoms with E-state index in [1.54, 1.807) is 48.9 Å². The Balaban J connectivity index is 0.000000600. The van der Waals surface area contributed by atoms with Gasteiger partial charge in [-0.05, 0) is 87.2 Å². The second kappa shape index (κ2) is 22.1. The van der Waals surface area contributed by atoms with E-state index in [9.17, 15) is 5.11 Å². The van der Waals surface area contributed by atoms with Gasteiger partial charge in [0.1, 0.15) is 11.5 Å². The van der Waals surface area contributed by atoms with Crippen LogP contribution in [0, 0.1) is 0 Å². The van der Waals surface area contributed by atoms with Crippen molar-refractivity contribution in [2.24, 2.45) is 11.5 Å². The molecule has 0 spiro atoms. The molecule has 0 aliphatic heterocycles. The molecule has 194 valence electrons. The number of aliphatic hydroxyl groups is 1. The van der Waals surface area contributed by atoms with Crippen molar-refractivity contribution in [1.29, 1.82) is 0 Å². The van der Waals surface area contributed by atoms with Crippen molar-refractivity contribution in [3.63, 3.8) is 0 Å². The molecule has 0 aliphatic rings. The van der Waals surface area contributed by atoms with Crippen molar-refractivity contribution in [3.05, 3.63) is 126 Å². The van der Waals surface area contributed by atoms with Gasteiger partial charge in [0.15, 0.2) is 0 Å². The third-order valence-corrected chi connectivity index (χ3v) is 4.47. The van der Waals surface area contributed by atoms with E-state index in [0.29, 0.717) is 12.2 Å². The second-order valence-corrected chi connectivity index (χ2v) is 7.15. The molecule has 0 aliphatic carbocycles. The summed E-state index contributed by atoms with van der Waals surface area (Å²) in [6.07, 6.45) is 16.4. The maximum absolute atomic E-state index is 9.32. The summed E-state index contributed by atoms with van der Waals surface area (Å²) in [5.41, 5.74) is 13.7. The van der Waals surface area contributed by atoms with E-state index >= 15 is 0 Å². The van der Waals surface area contributed by atoms with Crippen LogP contribution in [0.4, 0.5) is 0 Å². The number of hydrogen-bond donors (Lipinski definition) is 5. The number of nitrogens with two attached hydrogens (primary N) is 2. The Morgan fingerprint density at radius 3 is 2.03 bits per heavy atom. The highest BCUT2D eigenvalue weighted by molar-refractivity contribution is 7.79. The predicted molar refractivity (Wildman–Crippen MR) is 155 cm³/mol. The summed E-state index contributed by atoms with van der Waals surface area (Å²) in [5.74, 6) is 0.533. The zero-order chi connectivity index (χ0) is 27.0. The number of phenols is 1. The minimum atomic E-state index is -0.0976. The highest BCUT2D eigenvalue weighted by Gasteiger charge is 1.99. The highest BCUT2D eigenvalue weighted by Crippen LogP contribution is 2.11. The summed E-state index contributed by atoms with van der Waals surface area (Å²) in [6, 6.07) is 18.9. The molecule has 2 aromatic heterocycles. The number of rotatable bonds is 8. The van der Waals surface area contributed by atoms with Gasteiger partial charge in [0, 0.05) is 36.2 Å². The Bertz CT molecular complexity index is 993. The fourth-order valence-corrected chi connectivity index (χ4v) is 2.83. The van der Waals surface area contributed by atoms with Crippen LogP contribution < -0.4 is 11.5 Å². The summed E-state index contributed by atoms with van der Waals surface area (Å²) in [4.78, 5) is 8.46. The van der Waals surface area contributed by atoms with Gasteiger partial charge >= 0.3 is 0 Å². The minimum absolute atomic E-state index is 0.0976. The SMILES string of the molecule is CN.CS.C\C=C/C(O)=C\C=C\C(N)Cc1ccccn1.Oc1ccc(CCc2ccccn2)cc1. The second-order valence-electron chi connectivity index (χ2n) is 7.15. The predicted octanol–water partition coefficient (Wildman–Crippen LogP) is 5.22. The van der Waals surface area contributed by atoms with Crippen molar-refractivity contribution in [1.82, 2.24) is 9.97 Å². The molecule has 3 rings (SSSR count). The molecule has 1 aromatic carbocycles. The summed E-state index contributed by atoms with van der Waals surface area (Å²) in [5, 5.41) is 18.5. The fraction of sp³-hybridized carbons (Fsp3) is 0.241. The van der Waals surface area contributed by atoms with Crippen LogP contribution in [0.15, 0.2) is 109 Å². The van der Waals surface area contributed by atoms with Crippen LogP contribution in [0.1, 0.15) is 23.9 Å². The monoisotopic (exact) mass is 508 g/mol. The summed E-state index contributed by atoms with van der Waals surface area (Å²) < 4.78 is 0. The Morgan fingerprint density at radius 2 is 1.50 bits per heavy atom. The van der Waals surface area contributed by atoms with E-state index < -0.39 is 0 Å². The maximum Gasteiger partial charge on any atom is 0.115 e. The number of pyridine rings is 2. The van der Waals surface area contributed by atoms with Gasteiger partial charge < -0.3 is 21.7 Å². The van der Waals surface area contributed by atoms with E-state index in [1.165, 1.54) is 12.6 Å². The lowest BCUT2D eigenvalue weighted by atomic mass is 10.1. The fourth-order valence-electron chi connectivity index (χ4n) is 2.83. The van der Waals surface area contributed by atoms with Gasteiger partial charge in [-0.2, -0.15) is 12.6 Å². The molecule has 7 heteroatoms. The number of allylic oxidation sites excluding steroid dienone is 4. The topological polar surface area (TPSA) is 118 Å². The van der Waals surface area contributed by atoms with Crippen LogP contribution in [-0.2, 0) is 19.3 Å². The number of phenolic OH excluding ortho intramolecular Hbond substituents is 1. The van der Waals surface area contributed by atoms with Crippen LogP contribution in [-0.4, -0.2) is 39.5 Å². The van der Waals surface area contributed by atoms with Crippen molar-refractivity contribution in [2.45, 2.75) is 32.2 Å². The number of nitrogens with zero attached hydrogens (tertiary/aromatic N) is 2. The average Bonchev–Trinajstić information content (AvgIpc) is 2.92. The third kappa shape index (κ3) is 16.3. The van der Waals surface area contributed by atoms with Gasteiger partial charge in [-0.3, -0.25) is 9.97 Å². The van der Waals surface area contributed by atoms with Gasteiger partial charge in [-0.1, -0.05) is 42.5 Å². The Morgan fingerprint density at radius 1 is 0.917 bits per heavy atom. The smallest absolute Gasteiger partial charge is 0.115 e. The van der Waals surface area contributed by atoms with E-state index in [0.717, 1.165) is 24.2 Å². The summed E-state index contributed by atoms with van der Waals surface area (Å²) in [6.45, 7) is 1.85. The van der Waals surface area contributed by atoms with E-state index in [1.807, 2.05) is 67.7 Å². The van der Waals surface area contributed by atoms with Crippen LogP contribution in [0.25, 0.3) is 0 Å². The average molecular weight is 509 g/mol. The molecule has 6 N–H and O–H groups in total. The van der Waals surface area contributed by atoms with Gasteiger partial charge in [-0.25, -0.2) is 0 Å². The molecular formula is C29H40N4O2S. The number of hydrogen-bond acceptors (Lipinski definition) is 7. The molecule has 2 heterocycles. The van der Waals surface area contributed by atoms with Crippen LogP contribution in [0.2, 0.25) is 0 Å². The number of aromatic hydroxyl groups is 1. The number of aromatic nitrogens is 2. The molecule has 0 amide bonds. The molecule has 3 aromatic rings. The Labute approximate surface area is 221 Å².